The van der Waals surface area contributed by atoms with E-state index >= 15 is 0 Å². The van der Waals surface area contributed by atoms with E-state index < -0.39 is 0 Å². The van der Waals surface area contributed by atoms with Gasteiger partial charge in [0.15, 0.2) is 8.68 Å². The summed E-state index contributed by atoms with van der Waals surface area (Å²) in [6.07, 6.45) is 3.50. The maximum atomic E-state index is 12.6. The summed E-state index contributed by atoms with van der Waals surface area (Å²) < 4.78 is 15.8. The second-order valence-electron chi connectivity index (χ2n) is 21.8. The van der Waals surface area contributed by atoms with Crippen LogP contribution in [0, 0.1) is 0 Å². The number of benzene rings is 4. The zero-order valence-corrected chi connectivity index (χ0v) is 44.2. The van der Waals surface area contributed by atoms with Gasteiger partial charge in [-0.3, -0.25) is 0 Å². The third kappa shape index (κ3) is 12.3. The maximum Gasteiger partial charge on any atom is 0.174 e. The molecular weight excluding hydrogens is 897 g/mol. The monoisotopic (exact) mass is 964 g/mol. The Morgan fingerprint density at radius 1 is 0.455 bits per heavy atom. The Morgan fingerprint density at radius 3 is 0.970 bits per heavy atom. The molecule has 0 aliphatic heterocycles. The third-order valence-electron chi connectivity index (χ3n) is 12.2. The van der Waals surface area contributed by atoms with Gasteiger partial charge in [0, 0.05) is 37.2 Å². The van der Waals surface area contributed by atoms with Crippen molar-refractivity contribution in [3.05, 3.63) is 126 Å². The molecule has 0 saturated carbocycles. The Labute approximate surface area is 409 Å². The topological polar surface area (TPSA) is 110 Å². The Balaban J connectivity index is 1.44. The highest BCUT2D eigenvalue weighted by molar-refractivity contribution is 8.01. The molecule has 8 bridgehead atoms. The van der Waals surface area contributed by atoms with Gasteiger partial charge >= 0.3 is 0 Å². The van der Waals surface area contributed by atoms with Crippen LogP contribution in [0.5, 0.6) is 23.0 Å². The molecule has 0 atom stereocenters. The van der Waals surface area contributed by atoms with Crippen LogP contribution >= 0.6 is 46.2 Å². The molecule has 2 N–H and O–H groups in total. The zero-order chi connectivity index (χ0) is 47.6. The minimum absolute atomic E-state index is 0.178. The minimum Gasteiger partial charge on any atom is -0.507 e. The number of aromatic nitrogens is 4. The van der Waals surface area contributed by atoms with Crippen LogP contribution in [-0.4, -0.2) is 55.3 Å². The van der Waals surface area contributed by atoms with Crippen LogP contribution in [0.4, 0.5) is 0 Å². The van der Waals surface area contributed by atoms with Crippen LogP contribution in [0.25, 0.3) is 0 Å². The minimum atomic E-state index is -0.187. The van der Waals surface area contributed by atoms with Gasteiger partial charge in [-0.1, -0.05) is 178 Å². The van der Waals surface area contributed by atoms with Gasteiger partial charge in [0.1, 0.15) is 34.0 Å². The number of nitrogens with zero attached hydrogens (tertiary/aromatic N) is 4. The number of rotatable bonds is 12. The van der Waals surface area contributed by atoms with E-state index in [1.165, 1.54) is 11.1 Å². The second-order valence-corrected chi connectivity index (χ2v) is 26.1. The van der Waals surface area contributed by atoms with Crippen LogP contribution < -0.4 is 9.47 Å². The Kier molecular flexibility index (Phi) is 15.3. The second kappa shape index (κ2) is 20.2. The number of phenols is 2. The van der Waals surface area contributed by atoms with E-state index in [1.807, 2.05) is 0 Å². The van der Waals surface area contributed by atoms with Crippen molar-refractivity contribution in [3.63, 3.8) is 0 Å². The molecule has 4 aromatic carbocycles. The molecule has 0 unspecified atom stereocenters. The van der Waals surface area contributed by atoms with Gasteiger partial charge in [0.05, 0.1) is 13.2 Å². The molecule has 66 heavy (non-hydrogen) atoms. The molecule has 0 fully saturated rings. The van der Waals surface area contributed by atoms with E-state index in [-0.39, 0.29) is 21.7 Å². The zero-order valence-electron chi connectivity index (χ0n) is 41.0. The molecule has 2 heterocycles. The van der Waals surface area contributed by atoms with Gasteiger partial charge in [0.2, 0.25) is 0 Å². The molecule has 0 saturated heterocycles. The summed E-state index contributed by atoms with van der Waals surface area (Å²) in [5.41, 5.74) is 15.0. The van der Waals surface area contributed by atoms with Gasteiger partial charge in [-0.2, -0.15) is 0 Å². The van der Waals surface area contributed by atoms with Crippen molar-refractivity contribution in [2.24, 2.45) is 0 Å². The lowest BCUT2D eigenvalue weighted by Gasteiger charge is -2.28. The number of fused-ring (bicyclic) bond motifs is 8. The lowest BCUT2D eigenvalue weighted by atomic mass is 9.79. The normalized spacial score (nSPS) is 13.5. The van der Waals surface area contributed by atoms with Crippen molar-refractivity contribution in [1.29, 1.82) is 0 Å². The van der Waals surface area contributed by atoms with Gasteiger partial charge in [-0.15, -0.1) is 20.4 Å². The fraction of sp³-hybridized carbons (Fsp3) is 0.481. The van der Waals surface area contributed by atoms with Crippen molar-refractivity contribution in [3.8, 4) is 23.0 Å². The van der Waals surface area contributed by atoms with Gasteiger partial charge < -0.3 is 19.7 Å². The summed E-state index contributed by atoms with van der Waals surface area (Å²) >= 11 is 6.49. The fourth-order valence-corrected chi connectivity index (χ4v) is 11.2. The van der Waals surface area contributed by atoms with E-state index in [0.717, 1.165) is 100 Å². The highest BCUT2D eigenvalue weighted by Gasteiger charge is 2.28. The van der Waals surface area contributed by atoms with Crippen LogP contribution in [0.3, 0.4) is 0 Å². The lowest BCUT2D eigenvalue weighted by Crippen LogP contribution is -2.17. The fourth-order valence-electron chi connectivity index (χ4n) is 8.25. The molecule has 7 rings (SSSR count). The van der Waals surface area contributed by atoms with E-state index in [1.54, 1.807) is 57.2 Å². The number of hydrogen-bond donors (Lipinski definition) is 2. The first-order valence-electron chi connectivity index (χ1n) is 23.1. The summed E-state index contributed by atoms with van der Waals surface area (Å²) in [7, 11) is 0. The molecule has 1 aliphatic rings. The number of hydrogen-bond acceptors (Lipinski definition) is 12. The largest absolute Gasteiger partial charge is 0.507 e. The summed E-state index contributed by atoms with van der Waals surface area (Å²) in [4.78, 5) is 0. The number of ether oxygens (including phenoxy) is 2. The smallest absolute Gasteiger partial charge is 0.174 e. The van der Waals surface area contributed by atoms with Crippen molar-refractivity contribution < 1.29 is 19.7 Å². The van der Waals surface area contributed by atoms with Gasteiger partial charge in [0.25, 0.3) is 0 Å². The Hall–Kier alpha value is -4.10. The standard InChI is InChI=1S/C54H68N4O4S4/c1-51(2,3)41-23-33-19-37-27-43(53(7,8)9)29-39(47(37)61-15-13-17-63-49-57-55-31-65-49)21-35-25-42(52(4,5)6)26-36(46(35)60)22-40-30-44(54(10,11)12)28-38(20-34(24-41)45(33)59)48(40)62-16-14-18-64-50-58-56-32-66-50/h23-32,59-60H,13-22H2,1-12H3. The Bertz CT molecular complexity index is 2340. The molecule has 352 valence electrons. The summed E-state index contributed by atoms with van der Waals surface area (Å²) in [6, 6.07) is 17.9. The van der Waals surface area contributed by atoms with E-state index in [0.29, 0.717) is 50.4 Å². The van der Waals surface area contributed by atoms with Crippen molar-refractivity contribution in [2.45, 2.75) is 152 Å². The average molecular weight is 965 g/mol. The molecule has 1 aliphatic carbocycles. The highest BCUT2D eigenvalue weighted by atomic mass is 32.2. The predicted molar refractivity (Wildman–Crippen MR) is 277 cm³/mol. The quantitative estimate of drug-likeness (QED) is 0.0907. The van der Waals surface area contributed by atoms with E-state index in [4.69, 9.17) is 9.47 Å². The molecule has 0 radical (unpaired) electrons. The van der Waals surface area contributed by atoms with Crippen LogP contribution in [-0.2, 0) is 47.3 Å². The first-order valence-corrected chi connectivity index (χ1v) is 26.8. The molecule has 8 nitrogen and oxygen atoms in total. The van der Waals surface area contributed by atoms with Gasteiger partial charge in [-0.25, -0.2) is 0 Å². The maximum absolute atomic E-state index is 12.6. The lowest BCUT2D eigenvalue weighted by molar-refractivity contribution is 0.312. The van der Waals surface area contributed by atoms with Crippen LogP contribution in [0.2, 0.25) is 0 Å². The number of thioether (sulfide) groups is 2. The molecule has 6 aromatic rings. The van der Waals surface area contributed by atoms with Crippen LogP contribution in [0.1, 0.15) is 163 Å². The summed E-state index contributed by atoms with van der Waals surface area (Å²) in [5, 5.41) is 41.7. The van der Waals surface area contributed by atoms with E-state index in [9.17, 15) is 10.2 Å². The van der Waals surface area contributed by atoms with Crippen LogP contribution in [0.15, 0.2) is 68.2 Å². The van der Waals surface area contributed by atoms with Gasteiger partial charge in [-0.05, 0) is 101 Å². The van der Waals surface area contributed by atoms with Crippen molar-refractivity contribution in [1.82, 2.24) is 20.4 Å². The molecule has 0 spiro atoms. The molecule has 2 aromatic heterocycles. The number of phenolic OH excluding ortho intramolecular Hbond substituents is 2. The summed E-state index contributed by atoms with van der Waals surface area (Å²) in [5.74, 6) is 3.94. The SMILES string of the molecule is CC(C)(C)c1cc2c(O)c(c1)Cc1cc(C(C)(C)C)cc(c1OCCCSc1nncs1)Cc1cc(C(C)(C)C)cc(c1O)Cc1cc(C(C)(C)C)cc(c1OCCCSc1nncs1)C2. The Morgan fingerprint density at radius 2 is 0.727 bits per heavy atom. The van der Waals surface area contributed by atoms with E-state index in [2.05, 4.69) is 152 Å². The van der Waals surface area contributed by atoms with Crippen molar-refractivity contribution in [2.75, 3.05) is 24.7 Å². The first kappa shape index (κ1) is 49.8. The molecular formula is C54H68N4O4S4. The summed E-state index contributed by atoms with van der Waals surface area (Å²) in [6.45, 7) is 27.9. The molecule has 0 amide bonds. The third-order valence-corrected chi connectivity index (χ3v) is 16.1. The average Bonchev–Trinajstić information content (AvgIpc) is 3.95. The van der Waals surface area contributed by atoms with Crippen molar-refractivity contribution >= 4 is 46.2 Å². The first-order chi connectivity index (χ1) is 31.0. The number of aromatic hydroxyl groups is 2. The predicted octanol–water partition coefficient (Wildman–Crippen LogP) is 13.8. The molecule has 12 heteroatoms. The highest BCUT2D eigenvalue weighted by Crippen LogP contribution is 2.44.